The van der Waals surface area contributed by atoms with E-state index in [9.17, 15) is 4.79 Å². The van der Waals surface area contributed by atoms with Crippen LogP contribution in [0, 0.1) is 0 Å². The Labute approximate surface area is 232 Å². The lowest BCUT2D eigenvalue weighted by Gasteiger charge is -2.26. The summed E-state index contributed by atoms with van der Waals surface area (Å²) in [5, 5.41) is 12.2. The highest BCUT2D eigenvalue weighted by Crippen LogP contribution is 2.27. The third kappa shape index (κ3) is 6.78. The van der Waals surface area contributed by atoms with E-state index < -0.39 is 0 Å². The Morgan fingerprint density at radius 1 is 1.08 bits per heavy atom. The highest BCUT2D eigenvalue weighted by atomic mass is 16.1. The zero-order valence-electron chi connectivity index (χ0n) is 20.1. The summed E-state index contributed by atoms with van der Waals surface area (Å²) in [7, 11) is 2.10. The summed E-state index contributed by atoms with van der Waals surface area (Å²) < 4.78 is 1.57. The molecule has 3 aromatic rings. The standard InChI is InChI=1S/C29H31N5O.3CH4.3H2/c1-3-27(30-16-22-9-11-24-12-13-33(2)19-26(24)15-22)20-34-29(35)28(18-32-34)31-17-21-8-10-23-6-4-5-7-25(23)14-21;;;;;;/h4-8,10,12-15,18,30-32H,1,9,11,16-17,19-20H2,2H3;3*1H4;3*1H. The third-order valence-electron chi connectivity index (χ3n) is 6.65. The summed E-state index contributed by atoms with van der Waals surface area (Å²) in [6.07, 6.45) is 10.5. The van der Waals surface area contributed by atoms with Crippen LogP contribution in [0.2, 0.25) is 0 Å². The topological polar surface area (TPSA) is 65.1 Å². The molecule has 2 aromatic carbocycles. The normalized spacial score (nSPS) is 13.8. The zero-order valence-corrected chi connectivity index (χ0v) is 20.1. The maximum atomic E-state index is 12.9. The molecule has 1 aromatic heterocycles. The molecule has 2 heterocycles. The van der Waals surface area contributed by atoms with Crippen LogP contribution >= 0.6 is 0 Å². The van der Waals surface area contributed by atoms with E-state index in [4.69, 9.17) is 0 Å². The fourth-order valence-corrected chi connectivity index (χ4v) is 4.63. The SMILES string of the molecule is C.C.C.C=C=C(Cn1[nH]cc(NCc2ccc3ccccc3c2)c1=O)NCC1=CC2=C(C=CN(C)C2)CC1.[HH].[HH].[HH]. The van der Waals surface area contributed by atoms with Crippen LogP contribution in [-0.4, -0.2) is 34.8 Å². The fourth-order valence-electron chi connectivity index (χ4n) is 4.63. The number of nitrogens with one attached hydrogen (secondary N) is 3. The average Bonchev–Trinajstić information content (AvgIpc) is 3.23. The Balaban J connectivity index is 0. The summed E-state index contributed by atoms with van der Waals surface area (Å²) in [5.74, 6) is 0. The van der Waals surface area contributed by atoms with Crippen molar-refractivity contribution in [2.75, 3.05) is 25.5 Å². The first-order chi connectivity index (χ1) is 17.1. The molecule has 0 saturated heterocycles. The van der Waals surface area contributed by atoms with Gasteiger partial charge in [-0.25, -0.2) is 4.68 Å². The molecule has 1 aliphatic carbocycles. The molecule has 6 nitrogen and oxygen atoms in total. The highest BCUT2D eigenvalue weighted by molar-refractivity contribution is 5.83. The molecule has 2 aliphatic rings. The second kappa shape index (κ2) is 13.4. The van der Waals surface area contributed by atoms with E-state index >= 15 is 0 Å². The van der Waals surface area contributed by atoms with Gasteiger partial charge >= 0.3 is 0 Å². The van der Waals surface area contributed by atoms with Crippen LogP contribution in [-0.2, 0) is 13.1 Å². The molecule has 3 N–H and O–H groups in total. The summed E-state index contributed by atoms with van der Waals surface area (Å²) in [4.78, 5) is 15.1. The molecule has 208 valence electrons. The van der Waals surface area contributed by atoms with Gasteiger partial charge in [-0.2, -0.15) is 0 Å². The second-order valence-corrected chi connectivity index (χ2v) is 9.21. The number of anilines is 1. The zero-order chi connectivity index (χ0) is 24.2. The lowest BCUT2D eigenvalue weighted by atomic mass is 9.90. The van der Waals surface area contributed by atoms with E-state index in [0.29, 0.717) is 18.8 Å². The molecule has 0 radical (unpaired) electrons. The van der Waals surface area contributed by atoms with E-state index in [1.165, 1.54) is 27.5 Å². The summed E-state index contributed by atoms with van der Waals surface area (Å²) >= 11 is 0. The molecular weight excluding hydrogens is 470 g/mol. The number of likely N-dealkylation sites (N-methyl/N-ethyl adjacent to an activating group) is 1. The van der Waals surface area contributed by atoms with Crippen molar-refractivity contribution in [2.45, 2.75) is 48.2 Å². The Hall–Kier alpha value is -4.15. The fraction of sp³-hybridized carbons (Fsp3) is 0.312. The molecule has 0 bridgehead atoms. The molecule has 38 heavy (non-hydrogen) atoms. The van der Waals surface area contributed by atoms with E-state index in [0.717, 1.165) is 37.2 Å². The van der Waals surface area contributed by atoms with Crippen molar-refractivity contribution in [1.29, 1.82) is 0 Å². The first kappa shape index (κ1) is 30.1. The number of fused-ring (bicyclic) bond motifs is 1. The van der Waals surface area contributed by atoms with Gasteiger partial charge in [0.25, 0.3) is 5.56 Å². The molecule has 0 atom stereocenters. The van der Waals surface area contributed by atoms with E-state index in [1.807, 2.05) is 12.1 Å². The largest absolute Gasteiger partial charge is 0.377 e. The van der Waals surface area contributed by atoms with Crippen molar-refractivity contribution in [3.63, 3.8) is 0 Å². The molecule has 6 heteroatoms. The van der Waals surface area contributed by atoms with Gasteiger partial charge in [-0.3, -0.25) is 4.79 Å². The van der Waals surface area contributed by atoms with Crippen molar-refractivity contribution in [1.82, 2.24) is 20.0 Å². The van der Waals surface area contributed by atoms with Gasteiger partial charge in [0.15, 0.2) is 0 Å². The van der Waals surface area contributed by atoms with Crippen LogP contribution in [0.25, 0.3) is 10.8 Å². The van der Waals surface area contributed by atoms with Gasteiger partial charge in [-0.15, -0.1) is 5.73 Å². The Bertz CT molecular complexity index is 1460. The molecule has 0 unspecified atom stereocenters. The third-order valence-corrected chi connectivity index (χ3v) is 6.65. The Morgan fingerprint density at radius 2 is 1.87 bits per heavy atom. The van der Waals surface area contributed by atoms with Gasteiger partial charge < -0.3 is 20.6 Å². The lowest BCUT2D eigenvalue weighted by molar-refractivity contribution is 0.488. The lowest BCUT2D eigenvalue weighted by Crippen LogP contribution is -2.27. The van der Waals surface area contributed by atoms with Crippen LogP contribution in [0.4, 0.5) is 5.69 Å². The highest BCUT2D eigenvalue weighted by Gasteiger charge is 2.16. The monoisotopic (exact) mass is 519 g/mol. The van der Waals surface area contributed by atoms with Gasteiger partial charge in [-0.05, 0) is 58.7 Å². The van der Waals surface area contributed by atoms with Gasteiger partial charge in [0.05, 0.1) is 12.2 Å². The minimum Gasteiger partial charge on any atom is -0.377 e. The summed E-state index contributed by atoms with van der Waals surface area (Å²) in [6, 6.07) is 14.6. The molecule has 0 spiro atoms. The minimum absolute atomic E-state index is 0. The Morgan fingerprint density at radius 3 is 2.66 bits per heavy atom. The molecule has 0 amide bonds. The molecule has 0 saturated carbocycles. The van der Waals surface area contributed by atoms with Crippen LogP contribution in [0.5, 0.6) is 0 Å². The van der Waals surface area contributed by atoms with Gasteiger partial charge in [0.2, 0.25) is 0 Å². The van der Waals surface area contributed by atoms with Crippen LogP contribution in [0.15, 0.2) is 107 Å². The number of aromatic amines is 1. The molecule has 0 fully saturated rings. The van der Waals surface area contributed by atoms with Crippen molar-refractivity contribution in [3.8, 4) is 0 Å². The average molecular weight is 520 g/mol. The number of allylic oxidation sites excluding steroid dienone is 3. The van der Waals surface area contributed by atoms with Gasteiger partial charge in [-0.1, -0.05) is 76.9 Å². The number of benzene rings is 2. The van der Waals surface area contributed by atoms with Crippen molar-refractivity contribution in [3.05, 3.63) is 118 Å². The number of nitrogens with zero attached hydrogens (tertiary/aromatic N) is 2. The predicted octanol–water partition coefficient (Wildman–Crippen LogP) is 7.32. The number of H-pyrrole nitrogens is 1. The summed E-state index contributed by atoms with van der Waals surface area (Å²) in [6.45, 7) is 6.45. The number of aromatic nitrogens is 2. The van der Waals surface area contributed by atoms with Gasteiger partial charge in [0.1, 0.15) is 5.69 Å². The number of hydrogen-bond donors (Lipinski definition) is 3. The molecule has 5 rings (SSSR count). The smallest absolute Gasteiger partial charge is 0.290 e. The molecular formula is C32H49N5O. The van der Waals surface area contributed by atoms with E-state index in [-0.39, 0.29) is 32.1 Å². The first-order valence-corrected chi connectivity index (χ1v) is 12.0. The number of rotatable bonds is 8. The van der Waals surface area contributed by atoms with E-state index in [1.54, 1.807) is 10.9 Å². The van der Waals surface area contributed by atoms with Crippen molar-refractivity contribution < 1.29 is 4.28 Å². The summed E-state index contributed by atoms with van der Waals surface area (Å²) in [5.41, 5.74) is 9.52. The Kier molecular flexibility index (Phi) is 10.6. The van der Waals surface area contributed by atoms with Crippen LogP contribution < -0.4 is 16.2 Å². The maximum Gasteiger partial charge on any atom is 0.290 e. The minimum atomic E-state index is -0.0935. The second-order valence-electron chi connectivity index (χ2n) is 9.21. The maximum absolute atomic E-state index is 12.9. The molecule has 1 aliphatic heterocycles. The number of hydrogen-bond acceptors (Lipinski definition) is 4. The van der Waals surface area contributed by atoms with Gasteiger partial charge in [0, 0.05) is 37.2 Å². The van der Waals surface area contributed by atoms with Crippen LogP contribution in [0.3, 0.4) is 0 Å². The first-order valence-electron chi connectivity index (χ1n) is 12.0. The van der Waals surface area contributed by atoms with Crippen molar-refractivity contribution >= 4 is 16.5 Å². The van der Waals surface area contributed by atoms with E-state index in [2.05, 4.69) is 88.7 Å². The quantitative estimate of drug-likeness (QED) is 0.273. The predicted molar refractivity (Wildman–Crippen MR) is 170 cm³/mol. The van der Waals surface area contributed by atoms with Crippen molar-refractivity contribution in [2.24, 2.45) is 0 Å². The van der Waals surface area contributed by atoms with Crippen LogP contribution in [0.1, 0.15) is 45.0 Å².